The van der Waals surface area contributed by atoms with Crippen molar-refractivity contribution in [2.75, 3.05) is 25.4 Å². The summed E-state index contributed by atoms with van der Waals surface area (Å²) in [6.45, 7) is 1.46. The highest BCUT2D eigenvalue weighted by atomic mass is 19.1. The maximum atomic E-state index is 13.8. The highest BCUT2D eigenvalue weighted by Crippen LogP contribution is 2.30. The second-order valence-corrected chi connectivity index (χ2v) is 6.55. The average molecular weight is 365 g/mol. The molecule has 1 aromatic rings. The first kappa shape index (κ1) is 19.8. The lowest BCUT2D eigenvalue weighted by atomic mass is 9.89. The molecular weight excluding hydrogens is 341 g/mol. The molecule has 0 spiro atoms. The topological polar surface area (TPSA) is 113 Å². The molecule has 8 heteroatoms. The molecule has 0 aliphatic carbocycles. The van der Waals surface area contributed by atoms with Gasteiger partial charge in [-0.05, 0) is 56.0 Å². The molecule has 0 atom stereocenters. The van der Waals surface area contributed by atoms with Crippen LogP contribution < -0.4 is 11.1 Å². The third-order valence-electron chi connectivity index (χ3n) is 4.50. The molecule has 142 valence electrons. The first-order valence-corrected chi connectivity index (χ1v) is 8.67. The average Bonchev–Trinajstić information content (AvgIpc) is 2.56. The van der Waals surface area contributed by atoms with E-state index in [0.717, 1.165) is 12.8 Å². The largest absolute Gasteiger partial charge is 0.480 e. The molecule has 2 amide bonds. The molecule has 2 aliphatic rings. The standard InChI is InChI=1S/C13H17FN2O2.C5H7NO2/c14-12-7-10(15)1-2-11(12)9-3-5-16(6-4-9)8-13(17)18;7-4-2-1-3-5(8)6-4/h1-2,7,9H,3-6,8,15H2,(H,17,18);1-3H2,(H,6,7,8). The summed E-state index contributed by atoms with van der Waals surface area (Å²) in [6, 6.07) is 4.79. The molecule has 3 rings (SSSR count). The number of carbonyl (C=O) groups excluding carboxylic acids is 2. The van der Waals surface area contributed by atoms with Crippen LogP contribution in [0, 0.1) is 5.82 Å². The van der Waals surface area contributed by atoms with Gasteiger partial charge >= 0.3 is 5.97 Å². The molecule has 0 radical (unpaired) electrons. The van der Waals surface area contributed by atoms with Crippen LogP contribution in [0.15, 0.2) is 18.2 Å². The Morgan fingerprint density at radius 1 is 1.23 bits per heavy atom. The fourth-order valence-corrected chi connectivity index (χ4v) is 3.16. The quantitative estimate of drug-likeness (QED) is 0.552. The van der Waals surface area contributed by atoms with Gasteiger partial charge in [-0.3, -0.25) is 24.6 Å². The summed E-state index contributed by atoms with van der Waals surface area (Å²) in [5.41, 5.74) is 6.64. The molecule has 2 heterocycles. The molecule has 7 nitrogen and oxygen atoms in total. The Morgan fingerprint density at radius 2 is 1.85 bits per heavy atom. The van der Waals surface area contributed by atoms with Crippen LogP contribution in [-0.2, 0) is 14.4 Å². The molecule has 4 N–H and O–H groups in total. The van der Waals surface area contributed by atoms with E-state index < -0.39 is 5.97 Å². The number of nitrogen functional groups attached to an aromatic ring is 1. The highest BCUT2D eigenvalue weighted by Gasteiger charge is 2.23. The number of aliphatic carboxylic acids is 1. The lowest BCUT2D eigenvalue weighted by Gasteiger charge is -2.31. The van der Waals surface area contributed by atoms with E-state index in [0.29, 0.717) is 43.6 Å². The van der Waals surface area contributed by atoms with Gasteiger partial charge in [0.25, 0.3) is 0 Å². The van der Waals surface area contributed by atoms with Crippen LogP contribution in [-0.4, -0.2) is 47.4 Å². The molecule has 0 bridgehead atoms. The zero-order chi connectivity index (χ0) is 19.1. The number of benzene rings is 1. The number of rotatable bonds is 3. The lowest BCUT2D eigenvalue weighted by molar-refractivity contribution is -0.138. The van der Waals surface area contributed by atoms with E-state index in [4.69, 9.17) is 10.8 Å². The molecule has 26 heavy (non-hydrogen) atoms. The van der Waals surface area contributed by atoms with Crippen molar-refractivity contribution in [2.45, 2.75) is 38.0 Å². The zero-order valence-corrected chi connectivity index (χ0v) is 14.5. The summed E-state index contributed by atoms with van der Waals surface area (Å²) in [7, 11) is 0. The number of halogens is 1. The number of anilines is 1. The van der Waals surface area contributed by atoms with Gasteiger partial charge in [0.05, 0.1) is 6.54 Å². The number of carboxylic acid groups (broad SMARTS) is 1. The number of imide groups is 1. The lowest BCUT2D eigenvalue weighted by Crippen LogP contribution is -2.36. The molecule has 0 aromatic heterocycles. The highest BCUT2D eigenvalue weighted by molar-refractivity contribution is 5.97. The SMILES string of the molecule is Nc1ccc(C2CCN(CC(=O)O)CC2)c(F)c1.O=C1CCCC(=O)N1. The van der Waals surface area contributed by atoms with Crippen LogP contribution in [0.5, 0.6) is 0 Å². The van der Waals surface area contributed by atoms with E-state index in [1.54, 1.807) is 12.1 Å². The summed E-state index contributed by atoms with van der Waals surface area (Å²) < 4.78 is 13.8. The Morgan fingerprint density at radius 3 is 2.31 bits per heavy atom. The number of nitrogens with two attached hydrogens (primary N) is 1. The van der Waals surface area contributed by atoms with Gasteiger partial charge in [-0.1, -0.05) is 6.07 Å². The van der Waals surface area contributed by atoms with E-state index >= 15 is 0 Å². The molecule has 2 aliphatic heterocycles. The maximum absolute atomic E-state index is 13.8. The Balaban J connectivity index is 0.000000254. The molecular formula is C18H24FN3O4. The number of nitrogens with zero attached hydrogens (tertiary/aromatic N) is 1. The van der Waals surface area contributed by atoms with E-state index in [1.165, 1.54) is 6.07 Å². The smallest absolute Gasteiger partial charge is 0.317 e. The second-order valence-electron chi connectivity index (χ2n) is 6.55. The maximum Gasteiger partial charge on any atom is 0.317 e. The third-order valence-corrected chi connectivity index (χ3v) is 4.50. The van der Waals surface area contributed by atoms with Crippen molar-refractivity contribution in [3.63, 3.8) is 0 Å². The fraction of sp³-hybridized carbons (Fsp3) is 0.500. The van der Waals surface area contributed by atoms with Gasteiger partial charge in [0, 0.05) is 18.5 Å². The summed E-state index contributed by atoms with van der Waals surface area (Å²) >= 11 is 0. The van der Waals surface area contributed by atoms with E-state index in [9.17, 15) is 18.8 Å². The summed E-state index contributed by atoms with van der Waals surface area (Å²) in [4.78, 5) is 33.2. The number of amides is 2. The number of carbonyl (C=O) groups is 3. The minimum absolute atomic E-state index is 0.0664. The van der Waals surface area contributed by atoms with Crippen molar-refractivity contribution in [1.29, 1.82) is 0 Å². The normalized spacial score (nSPS) is 18.7. The Hall–Kier alpha value is -2.48. The first-order chi connectivity index (χ1) is 12.3. The van der Waals surface area contributed by atoms with Gasteiger partial charge in [0.1, 0.15) is 5.82 Å². The number of nitrogens with one attached hydrogen (secondary N) is 1. The third kappa shape index (κ3) is 6.11. The van der Waals surface area contributed by atoms with Crippen molar-refractivity contribution < 1.29 is 23.9 Å². The van der Waals surface area contributed by atoms with E-state index in [-0.39, 0.29) is 30.1 Å². The van der Waals surface area contributed by atoms with Crippen LogP contribution in [0.3, 0.4) is 0 Å². The van der Waals surface area contributed by atoms with Gasteiger partial charge < -0.3 is 10.8 Å². The van der Waals surface area contributed by atoms with E-state index in [1.807, 2.05) is 4.90 Å². The van der Waals surface area contributed by atoms with Crippen LogP contribution in [0.1, 0.15) is 43.6 Å². The Labute approximate surface area is 151 Å². The van der Waals surface area contributed by atoms with Gasteiger partial charge in [0.2, 0.25) is 11.8 Å². The predicted octanol–water partition coefficient (Wildman–Crippen LogP) is 1.48. The Kier molecular flexibility index (Phi) is 7.08. The van der Waals surface area contributed by atoms with Crippen LogP contribution in [0.4, 0.5) is 10.1 Å². The van der Waals surface area contributed by atoms with Crippen molar-refractivity contribution in [1.82, 2.24) is 10.2 Å². The molecule has 2 saturated heterocycles. The number of carboxylic acids is 1. The monoisotopic (exact) mass is 365 g/mol. The van der Waals surface area contributed by atoms with Gasteiger partial charge in [-0.15, -0.1) is 0 Å². The first-order valence-electron chi connectivity index (χ1n) is 8.67. The van der Waals surface area contributed by atoms with Gasteiger partial charge in [0.15, 0.2) is 0 Å². The van der Waals surface area contributed by atoms with Crippen LogP contribution in [0.2, 0.25) is 0 Å². The number of hydrogen-bond acceptors (Lipinski definition) is 5. The van der Waals surface area contributed by atoms with Gasteiger partial charge in [-0.2, -0.15) is 0 Å². The van der Waals surface area contributed by atoms with Crippen molar-refractivity contribution in [3.05, 3.63) is 29.6 Å². The number of hydrogen-bond donors (Lipinski definition) is 3. The zero-order valence-electron chi connectivity index (χ0n) is 14.5. The van der Waals surface area contributed by atoms with Crippen LogP contribution >= 0.6 is 0 Å². The van der Waals surface area contributed by atoms with E-state index in [2.05, 4.69) is 5.32 Å². The fourth-order valence-electron chi connectivity index (χ4n) is 3.16. The van der Waals surface area contributed by atoms with Crippen molar-refractivity contribution >= 4 is 23.5 Å². The summed E-state index contributed by atoms with van der Waals surface area (Å²) in [6.07, 6.45) is 3.30. The minimum Gasteiger partial charge on any atom is -0.480 e. The van der Waals surface area contributed by atoms with Crippen LogP contribution in [0.25, 0.3) is 0 Å². The summed E-state index contributed by atoms with van der Waals surface area (Å²) in [5, 5.41) is 10.9. The van der Waals surface area contributed by atoms with Crippen molar-refractivity contribution in [3.8, 4) is 0 Å². The molecule has 1 aromatic carbocycles. The Bertz CT molecular complexity index is 658. The molecule has 2 fully saturated rings. The van der Waals surface area contributed by atoms with Crippen molar-refractivity contribution in [2.24, 2.45) is 0 Å². The number of likely N-dealkylation sites (tertiary alicyclic amines) is 1. The predicted molar refractivity (Wildman–Crippen MR) is 93.9 cm³/mol. The number of piperidine rings is 2. The molecule has 0 saturated carbocycles. The van der Waals surface area contributed by atoms with Gasteiger partial charge in [-0.25, -0.2) is 4.39 Å². The minimum atomic E-state index is -0.813. The summed E-state index contributed by atoms with van der Waals surface area (Å²) in [5.74, 6) is -1.18. The second kappa shape index (κ2) is 9.28. The molecule has 0 unspecified atom stereocenters.